The van der Waals surface area contributed by atoms with Gasteiger partial charge in [-0.05, 0) is 25.5 Å². The lowest BCUT2D eigenvalue weighted by molar-refractivity contribution is 0.165. The van der Waals surface area contributed by atoms with Crippen LogP contribution in [0.15, 0.2) is 12.1 Å². The van der Waals surface area contributed by atoms with Gasteiger partial charge in [-0.3, -0.25) is 4.90 Å². The third-order valence-corrected chi connectivity index (χ3v) is 4.86. The molecule has 0 spiro atoms. The van der Waals surface area contributed by atoms with E-state index in [1.54, 1.807) is 4.88 Å². The van der Waals surface area contributed by atoms with E-state index in [0.717, 1.165) is 13.1 Å². The quantitative estimate of drug-likeness (QED) is 0.792. The average molecular weight is 266 g/mol. The number of hydrogen-bond acceptors (Lipinski definition) is 3. The molecule has 1 aromatic rings. The van der Waals surface area contributed by atoms with Crippen molar-refractivity contribution in [1.82, 2.24) is 10.2 Å². The number of hydrogen-bond donors (Lipinski definition) is 1. The lowest BCUT2D eigenvalue weighted by Crippen LogP contribution is -2.45. The number of nitrogens with zero attached hydrogens (tertiary/aromatic N) is 1. The molecule has 0 amide bonds. The first kappa shape index (κ1) is 14.0. The van der Waals surface area contributed by atoms with Crippen LogP contribution in [0.1, 0.15) is 48.4 Å². The fourth-order valence-electron chi connectivity index (χ4n) is 2.72. The predicted molar refractivity (Wildman–Crippen MR) is 80.4 cm³/mol. The Morgan fingerprint density at radius 1 is 1.28 bits per heavy atom. The van der Waals surface area contributed by atoms with Crippen LogP contribution in [0.4, 0.5) is 0 Å². The first-order valence-electron chi connectivity index (χ1n) is 7.32. The maximum absolute atomic E-state index is 3.46. The van der Waals surface area contributed by atoms with Crippen LogP contribution < -0.4 is 5.32 Å². The van der Waals surface area contributed by atoms with E-state index in [1.807, 2.05) is 11.3 Å². The number of aryl methyl sites for hydroxylation is 1. The number of unbranched alkanes of at least 4 members (excludes halogenated alkanes) is 2. The Morgan fingerprint density at radius 3 is 2.67 bits per heavy atom. The summed E-state index contributed by atoms with van der Waals surface area (Å²) in [6, 6.07) is 5.28. The third-order valence-electron chi connectivity index (χ3n) is 3.76. The molecule has 1 fully saturated rings. The maximum atomic E-state index is 3.46. The predicted octanol–water partition coefficient (Wildman–Crippen LogP) is 3.58. The van der Waals surface area contributed by atoms with Crippen LogP contribution in [0, 0.1) is 6.92 Å². The zero-order chi connectivity index (χ0) is 12.8. The minimum Gasteiger partial charge on any atom is -0.314 e. The fourth-order valence-corrected chi connectivity index (χ4v) is 3.77. The maximum Gasteiger partial charge on any atom is 0.0442 e. The number of rotatable bonds is 6. The summed E-state index contributed by atoms with van der Waals surface area (Å²) in [7, 11) is 0. The highest BCUT2D eigenvalue weighted by molar-refractivity contribution is 7.12. The molecule has 1 saturated heterocycles. The number of piperazine rings is 1. The second-order valence-electron chi connectivity index (χ2n) is 5.25. The van der Waals surface area contributed by atoms with Crippen LogP contribution in [-0.2, 0) is 0 Å². The van der Waals surface area contributed by atoms with E-state index in [1.165, 1.54) is 43.6 Å². The Bertz CT molecular complexity index is 342. The molecule has 1 aromatic heterocycles. The van der Waals surface area contributed by atoms with Gasteiger partial charge in [0.2, 0.25) is 0 Å². The van der Waals surface area contributed by atoms with E-state index in [-0.39, 0.29) is 0 Å². The van der Waals surface area contributed by atoms with E-state index >= 15 is 0 Å². The summed E-state index contributed by atoms with van der Waals surface area (Å²) in [5, 5.41) is 3.46. The Balaban J connectivity index is 2.01. The van der Waals surface area contributed by atoms with Crippen molar-refractivity contribution in [1.29, 1.82) is 0 Å². The van der Waals surface area contributed by atoms with Crippen LogP contribution in [0.25, 0.3) is 0 Å². The van der Waals surface area contributed by atoms with Crippen molar-refractivity contribution in [3.63, 3.8) is 0 Å². The van der Waals surface area contributed by atoms with Gasteiger partial charge in [0.25, 0.3) is 0 Å². The molecule has 1 aliphatic rings. The molecule has 18 heavy (non-hydrogen) atoms. The molecule has 0 unspecified atom stereocenters. The first-order valence-corrected chi connectivity index (χ1v) is 8.14. The molecule has 3 heteroatoms. The van der Waals surface area contributed by atoms with Gasteiger partial charge in [0.15, 0.2) is 0 Å². The summed E-state index contributed by atoms with van der Waals surface area (Å²) >= 11 is 1.99. The van der Waals surface area contributed by atoms with E-state index in [0.29, 0.717) is 6.04 Å². The Morgan fingerprint density at radius 2 is 2.06 bits per heavy atom. The molecule has 1 N–H and O–H groups in total. The number of nitrogens with one attached hydrogen (secondary N) is 1. The largest absolute Gasteiger partial charge is 0.314 e. The van der Waals surface area contributed by atoms with Crippen molar-refractivity contribution in [2.24, 2.45) is 0 Å². The van der Waals surface area contributed by atoms with Crippen molar-refractivity contribution in [3.8, 4) is 0 Å². The molecule has 2 heterocycles. The summed E-state index contributed by atoms with van der Waals surface area (Å²) < 4.78 is 0. The highest BCUT2D eigenvalue weighted by Crippen LogP contribution is 2.31. The second-order valence-corrected chi connectivity index (χ2v) is 6.57. The topological polar surface area (TPSA) is 15.3 Å². The molecule has 1 aliphatic heterocycles. The van der Waals surface area contributed by atoms with E-state index in [2.05, 4.69) is 36.2 Å². The second kappa shape index (κ2) is 7.27. The van der Waals surface area contributed by atoms with Gasteiger partial charge in [0.05, 0.1) is 0 Å². The molecular formula is C15H26N2S. The van der Waals surface area contributed by atoms with Crippen LogP contribution in [0.3, 0.4) is 0 Å². The van der Waals surface area contributed by atoms with Crippen LogP contribution in [-0.4, -0.2) is 31.1 Å². The lowest BCUT2D eigenvalue weighted by atomic mass is 10.0. The first-order chi connectivity index (χ1) is 8.81. The third kappa shape index (κ3) is 3.81. The highest BCUT2D eigenvalue weighted by Gasteiger charge is 2.22. The van der Waals surface area contributed by atoms with Gasteiger partial charge in [-0.1, -0.05) is 26.2 Å². The van der Waals surface area contributed by atoms with E-state index in [9.17, 15) is 0 Å². The molecule has 0 aliphatic carbocycles. The fraction of sp³-hybridized carbons (Fsp3) is 0.733. The molecule has 0 radical (unpaired) electrons. The summed E-state index contributed by atoms with van der Waals surface area (Å²) in [5.74, 6) is 0. The molecule has 1 atom stereocenters. The van der Waals surface area contributed by atoms with Crippen LogP contribution in [0.2, 0.25) is 0 Å². The standard InChI is InChI=1S/C15H26N2S/c1-3-4-5-6-14(15-8-7-13(2)18-15)17-11-9-16-10-12-17/h7-8,14,16H,3-6,9-12H2,1-2H3/t14-/m1/s1. The van der Waals surface area contributed by atoms with Crippen molar-refractivity contribution in [2.45, 2.75) is 45.6 Å². The summed E-state index contributed by atoms with van der Waals surface area (Å²) in [6.45, 7) is 9.20. The van der Waals surface area contributed by atoms with Gasteiger partial charge in [-0.2, -0.15) is 0 Å². The summed E-state index contributed by atoms with van der Waals surface area (Å²) in [6.07, 6.45) is 5.38. The monoisotopic (exact) mass is 266 g/mol. The molecule has 0 saturated carbocycles. The molecule has 0 aromatic carbocycles. The van der Waals surface area contributed by atoms with E-state index < -0.39 is 0 Å². The average Bonchev–Trinajstić information content (AvgIpc) is 2.82. The van der Waals surface area contributed by atoms with Gasteiger partial charge in [-0.15, -0.1) is 11.3 Å². The molecular weight excluding hydrogens is 240 g/mol. The van der Waals surface area contributed by atoms with E-state index in [4.69, 9.17) is 0 Å². The molecule has 0 bridgehead atoms. The van der Waals surface area contributed by atoms with Crippen molar-refractivity contribution in [2.75, 3.05) is 26.2 Å². The highest BCUT2D eigenvalue weighted by atomic mass is 32.1. The Labute approximate surface area is 115 Å². The molecule has 2 rings (SSSR count). The van der Waals surface area contributed by atoms with Gasteiger partial charge < -0.3 is 5.32 Å². The van der Waals surface area contributed by atoms with Crippen LogP contribution >= 0.6 is 11.3 Å². The zero-order valence-electron chi connectivity index (χ0n) is 11.7. The van der Waals surface area contributed by atoms with Gasteiger partial charge in [0.1, 0.15) is 0 Å². The lowest BCUT2D eigenvalue weighted by Gasteiger charge is -2.34. The van der Waals surface area contributed by atoms with Crippen molar-refractivity contribution < 1.29 is 0 Å². The van der Waals surface area contributed by atoms with Crippen molar-refractivity contribution in [3.05, 3.63) is 21.9 Å². The Kier molecular flexibility index (Phi) is 5.67. The SMILES string of the molecule is CCCCC[C@H](c1ccc(C)s1)N1CCNCC1. The van der Waals surface area contributed by atoms with Gasteiger partial charge in [-0.25, -0.2) is 0 Å². The summed E-state index contributed by atoms with van der Waals surface area (Å²) in [5.41, 5.74) is 0. The van der Waals surface area contributed by atoms with Gasteiger partial charge in [0, 0.05) is 42.0 Å². The van der Waals surface area contributed by atoms with Crippen LogP contribution in [0.5, 0.6) is 0 Å². The minimum absolute atomic E-state index is 0.664. The zero-order valence-corrected chi connectivity index (χ0v) is 12.6. The normalized spacial score (nSPS) is 19.0. The molecule has 2 nitrogen and oxygen atoms in total. The Hall–Kier alpha value is -0.380. The minimum atomic E-state index is 0.664. The molecule has 102 valence electrons. The van der Waals surface area contributed by atoms with Gasteiger partial charge >= 0.3 is 0 Å². The van der Waals surface area contributed by atoms with Crippen molar-refractivity contribution >= 4 is 11.3 Å². The smallest absolute Gasteiger partial charge is 0.0442 e. The summed E-state index contributed by atoms with van der Waals surface area (Å²) in [4.78, 5) is 5.70. The number of thiophene rings is 1.